The van der Waals surface area contributed by atoms with Crippen LogP contribution >= 0.6 is 11.6 Å². The summed E-state index contributed by atoms with van der Waals surface area (Å²) in [6.07, 6.45) is 4.02. The van der Waals surface area contributed by atoms with Gasteiger partial charge in [0.25, 0.3) is 5.91 Å². The number of carbonyl (C=O) groups excluding carboxylic acids is 1. The third kappa shape index (κ3) is 3.89. The Labute approximate surface area is 141 Å². The lowest BCUT2D eigenvalue weighted by atomic mass is 10.1. The first-order valence-corrected chi connectivity index (χ1v) is 8.19. The van der Waals surface area contributed by atoms with E-state index in [4.69, 9.17) is 11.6 Å². The van der Waals surface area contributed by atoms with Gasteiger partial charge in [0.1, 0.15) is 0 Å². The van der Waals surface area contributed by atoms with Gasteiger partial charge in [-0.05, 0) is 25.0 Å². The molecule has 1 aliphatic rings. The zero-order valence-electron chi connectivity index (χ0n) is 13.1. The van der Waals surface area contributed by atoms with Gasteiger partial charge in [0.15, 0.2) is 0 Å². The predicted molar refractivity (Wildman–Crippen MR) is 91.4 cm³/mol. The molecule has 4 nitrogen and oxygen atoms in total. The molecule has 2 heterocycles. The first-order valence-electron chi connectivity index (χ1n) is 7.82. The van der Waals surface area contributed by atoms with Crippen molar-refractivity contribution in [3.05, 3.63) is 64.9 Å². The minimum absolute atomic E-state index is 0.129. The maximum Gasteiger partial charge on any atom is 0.253 e. The summed E-state index contributed by atoms with van der Waals surface area (Å²) in [5.41, 5.74) is 1.78. The topological polar surface area (TPSA) is 45.2 Å². The third-order valence-electron chi connectivity index (χ3n) is 4.28. The van der Waals surface area contributed by atoms with Crippen LogP contribution in [0.1, 0.15) is 29.3 Å². The second-order valence-electron chi connectivity index (χ2n) is 6.03. The fourth-order valence-electron chi connectivity index (χ4n) is 3.06. The standard InChI is InChI=1S/C18H20ClN3O/c1-13-9-15(12-22(13)11-14-5-3-2-4-6-14)21-18(23)16-7-8-20-10-17(16)19/h2-8,10,13,15H,9,11-12H2,1H3,(H,21,23)/t13-,15-/m0/s1. The molecule has 0 saturated carbocycles. The highest BCUT2D eigenvalue weighted by Crippen LogP contribution is 2.21. The first kappa shape index (κ1) is 16.0. The minimum Gasteiger partial charge on any atom is -0.348 e. The van der Waals surface area contributed by atoms with Crippen LogP contribution in [0.3, 0.4) is 0 Å². The van der Waals surface area contributed by atoms with Crippen LogP contribution in [0.2, 0.25) is 5.02 Å². The molecule has 1 amide bonds. The van der Waals surface area contributed by atoms with Crippen molar-refractivity contribution in [1.82, 2.24) is 15.2 Å². The Morgan fingerprint density at radius 2 is 2.13 bits per heavy atom. The number of carbonyl (C=O) groups is 1. The van der Waals surface area contributed by atoms with Crippen molar-refractivity contribution in [2.45, 2.75) is 32.0 Å². The van der Waals surface area contributed by atoms with Crippen LogP contribution in [-0.4, -0.2) is 34.4 Å². The van der Waals surface area contributed by atoms with Crippen LogP contribution in [0.15, 0.2) is 48.8 Å². The monoisotopic (exact) mass is 329 g/mol. The van der Waals surface area contributed by atoms with E-state index in [0.717, 1.165) is 19.5 Å². The second kappa shape index (κ2) is 7.11. The molecule has 1 aromatic carbocycles. The Kier molecular flexibility index (Phi) is 4.94. The van der Waals surface area contributed by atoms with Crippen molar-refractivity contribution in [3.63, 3.8) is 0 Å². The van der Waals surface area contributed by atoms with Crippen molar-refractivity contribution < 1.29 is 4.79 Å². The molecule has 2 aromatic rings. The summed E-state index contributed by atoms with van der Waals surface area (Å²) in [6.45, 7) is 3.96. The zero-order valence-corrected chi connectivity index (χ0v) is 13.8. The summed E-state index contributed by atoms with van der Waals surface area (Å²) in [6, 6.07) is 12.6. The molecule has 23 heavy (non-hydrogen) atoms. The number of amides is 1. The third-order valence-corrected chi connectivity index (χ3v) is 4.59. The SMILES string of the molecule is C[C@H]1C[C@H](NC(=O)c2ccncc2Cl)CN1Cc1ccccc1. The highest BCUT2D eigenvalue weighted by molar-refractivity contribution is 6.33. The number of aromatic nitrogens is 1. The number of pyridine rings is 1. The Morgan fingerprint density at radius 3 is 2.87 bits per heavy atom. The van der Waals surface area contributed by atoms with Gasteiger partial charge in [-0.25, -0.2) is 0 Å². The van der Waals surface area contributed by atoms with Crippen LogP contribution in [0.25, 0.3) is 0 Å². The molecule has 0 spiro atoms. The normalized spacial score (nSPS) is 21.3. The van der Waals surface area contributed by atoms with Gasteiger partial charge in [-0.3, -0.25) is 14.7 Å². The molecule has 1 aliphatic heterocycles. The maximum absolute atomic E-state index is 12.4. The maximum atomic E-state index is 12.4. The molecule has 0 bridgehead atoms. The Balaban J connectivity index is 1.60. The van der Waals surface area contributed by atoms with Crippen LogP contribution in [-0.2, 0) is 6.54 Å². The first-order chi connectivity index (χ1) is 11.1. The van der Waals surface area contributed by atoms with E-state index in [-0.39, 0.29) is 11.9 Å². The van der Waals surface area contributed by atoms with Gasteiger partial charge in [-0.1, -0.05) is 41.9 Å². The van der Waals surface area contributed by atoms with Crippen molar-refractivity contribution in [2.24, 2.45) is 0 Å². The van der Waals surface area contributed by atoms with E-state index in [1.807, 2.05) is 6.07 Å². The van der Waals surface area contributed by atoms with Gasteiger partial charge in [0.05, 0.1) is 10.6 Å². The second-order valence-corrected chi connectivity index (χ2v) is 6.43. The molecular weight excluding hydrogens is 310 g/mol. The number of hydrogen-bond acceptors (Lipinski definition) is 3. The summed E-state index contributed by atoms with van der Waals surface area (Å²) in [5.74, 6) is -0.129. The molecule has 0 unspecified atom stereocenters. The summed E-state index contributed by atoms with van der Waals surface area (Å²) in [5, 5.41) is 3.48. The smallest absolute Gasteiger partial charge is 0.253 e. The lowest BCUT2D eigenvalue weighted by molar-refractivity contribution is 0.0937. The number of likely N-dealkylation sites (tertiary alicyclic amines) is 1. The summed E-state index contributed by atoms with van der Waals surface area (Å²) >= 11 is 6.04. The number of hydrogen-bond donors (Lipinski definition) is 1. The molecule has 120 valence electrons. The van der Waals surface area contributed by atoms with Crippen molar-refractivity contribution in [2.75, 3.05) is 6.54 Å². The Bertz CT molecular complexity index is 677. The van der Waals surface area contributed by atoms with Crippen molar-refractivity contribution in [1.29, 1.82) is 0 Å². The van der Waals surface area contributed by atoms with Crippen molar-refractivity contribution >= 4 is 17.5 Å². The number of benzene rings is 1. The van der Waals surface area contributed by atoms with E-state index in [2.05, 4.69) is 46.4 Å². The van der Waals surface area contributed by atoms with E-state index < -0.39 is 0 Å². The predicted octanol–water partition coefficient (Wildman–Crippen LogP) is 3.13. The molecule has 0 aliphatic carbocycles. The van der Waals surface area contributed by atoms with Crippen LogP contribution < -0.4 is 5.32 Å². The largest absolute Gasteiger partial charge is 0.348 e. The molecule has 5 heteroatoms. The highest BCUT2D eigenvalue weighted by Gasteiger charge is 2.30. The van der Waals surface area contributed by atoms with Crippen LogP contribution in [0.4, 0.5) is 0 Å². The van der Waals surface area contributed by atoms with Gasteiger partial charge in [-0.15, -0.1) is 0 Å². The van der Waals surface area contributed by atoms with Gasteiger partial charge >= 0.3 is 0 Å². The quantitative estimate of drug-likeness (QED) is 0.937. The molecule has 1 saturated heterocycles. The number of rotatable bonds is 4. The van der Waals surface area contributed by atoms with E-state index in [1.54, 1.807) is 12.3 Å². The highest BCUT2D eigenvalue weighted by atomic mass is 35.5. The van der Waals surface area contributed by atoms with Gasteiger partial charge in [0, 0.05) is 37.6 Å². The average Bonchev–Trinajstić information content (AvgIpc) is 2.88. The fourth-order valence-corrected chi connectivity index (χ4v) is 3.27. The van der Waals surface area contributed by atoms with Gasteiger partial charge < -0.3 is 5.32 Å². The van der Waals surface area contributed by atoms with Crippen LogP contribution in [0, 0.1) is 0 Å². The van der Waals surface area contributed by atoms with Gasteiger partial charge in [-0.2, -0.15) is 0 Å². The summed E-state index contributed by atoms with van der Waals surface area (Å²) in [4.78, 5) is 18.7. The Morgan fingerprint density at radius 1 is 1.35 bits per heavy atom. The summed E-state index contributed by atoms with van der Waals surface area (Å²) < 4.78 is 0. The average molecular weight is 330 g/mol. The molecule has 1 fully saturated rings. The van der Waals surface area contributed by atoms with Gasteiger partial charge in [0.2, 0.25) is 0 Å². The molecule has 2 atom stereocenters. The summed E-state index contributed by atoms with van der Waals surface area (Å²) in [7, 11) is 0. The molecule has 0 radical (unpaired) electrons. The minimum atomic E-state index is -0.129. The zero-order chi connectivity index (χ0) is 16.2. The van der Waals surface area contributed by atoms with E-state index >= 15 is 0 Å². The molecule has 1 N–H and O–H groups in total. The number of nitrogens with one attached hydrogen (secondary N) is 1. The molecular formula is C18H20ClN3O. The fraction of sp³-hybridized carbons (Fsp3) is 0.333. The number of nitrogens with zero attached hydrogens (tertiary/aromatic N) is 2. The lowest BCUT2D eigenvalue weighted by Crippen LogP contribution is -2.37. The van der Waals surface area contributed by atoms with E-state index in [9.17, 15) is 4.79 Å². The van der Waals surface area contributed by atoms with Crippen LogP contribution in [0.5, 0.6) is 0 Å². The van der Waals surface area contributed by atoms with E-state index in [1.165, 1.54) is 11.8 Å². The number of halogens is 1. The molecule has 1 aromatic heterocycles. The molecule has 3 rings (SSSR count). The Hall–Kier alpha value is -1.91. The van der Waals surface area contributed by atoms with Crippen molar-refractivity contribution in [3.8, 4) is 0 Å². The lowest BCUT2D eigenvalue weighted by Gasteiger charge is -2.20. The van der Waals surface area contributed by atoms with E-state index in [0.29, 0.717) is 16.6 Å².